The van der Waals surface area contributed by atoms with Crippen molar-refractivity contribution in [2.45, 2.75) is 42.9 Å². The number of nitriles is 1. The Bertz CT molecular complexity index is 659. The lowest BCUT2D eigenvalue weighted by Gasteiger charge is -2.31. The zero-order valence-corrected chi connectivity index (χ0v) is 13.0. The molecule has 1 fully saturated rings. The molecule has 3 rings (SSSR count). The summed E-state index contributed by atoms with van der Waals surface area (Å²) >= 11 is 1.77. The van der Waals surface area contributed by atoms with Gasteiger partial charge in [0.05, 0.1) is 17.5 Å². The predicted molar refractivity (Wildman–Crippen MR) is 85.9 cm³/mol. The van der Waals surface area contributed by atoms with E-state index in [4.69, 9.17) is 0 Å². The van der Waals surface area contributed by atoms with E-state index in [-0.39, 0.29) is 5.92 Å². The minimum Gasteiger partial charge on any atom is -0.236 e. The van der Waals surface area contributed by atoms with Gasteiger partial charge in [0, 0.05) is 10.6 Å². The van der Waals surface area contributed by atoms with E-state index >= 15 is 0 Å². The molecular weight excluding hydrogens is 278 g/mol. The van der Waals surface area contributed by atoms with Gasteiger partial charge in [-0.2, -0.15) is 5.26 Å². The zero-order chi connectivity index (χ0) is 14.7. The Morgan fingerprint density at radius 1 is 1.29 bits per heavy atom. The van der Waals surface area contributed by atoms with Gasteiger partial charge >= 0.3 is 0 Å². The molecule has 3 unspecified atom stereocenters. The summed E-state index contributed by atoms with van der Waals surface area (Å²) in [6, 6.07) is 10.6. The molecule has 108 valence electrons. The second kappa shape index (κ2) is 6.44. The van der Waals surface area contributed by atoms with E-state index in [9.17, 15) is 5.26 Å². The normalized spacial score (nSPS) is 25.6. The van der Waals surface area contributed by atoms with Crippen LogP contribution in [0, 0.1) is 23.2 Å². The number of aromatic nitrogens is 2. The number of para-hydroxylation sites is 1. The molecule has 0 amide bonds. The highest BCUT2D eigenvalue weighted by Gasteiger charge is 2.31. The first kappa shape index (κ1) is 14.3. The molecule has 2 aromatic rings. The molecule has 0 N–H and O–H groups in total. The zero-order valence-electron chi connectivity index (χ0n) is 12.2. The number of rotatable bonds is 3. The highest BCUT2D eigenvalue weighted by atomic mass is 32.2. The van der Waals surface area contributed by atoms with Crippen LogP contribution in [0.15, 0.2) is 35.6 Å². The van der Waals surface area contributed by atoms with Crippen molar-refractivity contribution in [1.29, 1.82) is 5.26 Å². The lowest BCUT2D eigenvalue weighted by molar-refractivity contribution is 0.317. The van der Waals surface area contributed by atoms with Gasteiger partial charge in [-0.3, -0.25) is 0 Å². The Morgan fingerprint density at radius 2 is 2.14 bits per heavy atom. The maximum absolute atomic E-state index is 9.42. The molecule has 1 aromatic heterocycles. The molecule has 0 saturated heterocycles. The highest BCUT2D eigenvalue weighted by molar-refractivity contribution is 8.00. The Morgan fingerprint density at radius 3 is 2.95 bits per heavy atom. The predicted octanol–water partition coefficient (Wildman–Crippen LogP) is 4.44. The summed E-state index contributed by atoms with van der Waals surface area (Å²) < 4.78 is 0. The van der Waals surface area contributed by atoms with Crippen LogP contribution in [-0.2, 0) is 0 Å². The molecular formula is C17H19N3S. The Kier molecular flexibility index (Phi) is 4.40. The van der Waals surface area contributed by atoms with Crippen molar-refractivity contribution in [3.05, 3.63) is 30.6 Å². The number of thioether (sulfide) groups is 1. The molecule has 0 spiro atoms. The Hall–Kier alpha value is -1.60. The van der Waals surface area contributed by atoms with Crippen LogP contribution in [0.2, 0.25) is 0 Å². The maximum atomic E-state index is 9.42. The van der Waals surface area contributed by atoms with E-state index in [1.54, 1.807) is 18.1 Å². The standard InChI is InChI=1S/C17H19N3S/c1-2-12-7-8-13(10-18)16(9-12)21-17-14-5-3-4-6-15(14)19-11-20-17/h3-6,11-13,16H,2,7-9H2,1H3. The summed E-state index contributed by atoms with van der Waals surface area (Å²) in [5.41, 5.74) is 0.978. The van der Waals surface area contributed by atoms with Crippen molar-refractivity contribution in [3.8, 4) is 6.07 Å². The second-order valence-corrected chi connectivity index (χ2v) is 6.90. The minimum absolute atomic E-state index is 0.145. The van der Waals surface area contributed by atoms with Gasteiger partial charge in [-0.25, -0.2) is 9.97 Å². The van der Waals surface area contributed by atoms with E-state index < -0.39 is 0 Å². The molecule has 1 aromatic carbocycles. The topological polar surface area (TPSA) is 49.6 Å². The fraction of sp³-hybridized carbons (Fsp3) is 0.471. The van der Waals surface area contributed by atoms with Gasteiger partial charge in [0.2, 0.25) is 0 Å². The van der Waals surface area contributed by atoms with Gasteiger partial charge in [0.25, 0.3) is 0 Å². The third-order valence-electron chi connectivity index (χ3n) is 4.41. The lowest BCUT2D eigenvalue weighted by atomic mass is 9.81. The molecule has 4 heteroatoms. The van der Waals surface area contributed by atoms with Crippen LogP contribution in [0.5, 0.6) is 0 Å². The van der Waals surface area contributed by atoms with Crippen molar-refractivity contribution in [1.82, 2.24) is 9.97 Å². The first-order valence-corrected chi connectivity index (χ1v) is 8.45. The van der Waals surface area contributed by atoms with Crippen LogP contribution in [0.25, 0.3) is 10.9 Å². The maximum Gasteiger partial charge on any atom is 0.117 e. The third kappa shape index (κ3) is 3.03. The van der Waals surface area contributed by atoms with Gasteiger partial charge < -0.3 is 0 Å². The summed E-state index contributed by atoms with van der Waals surface area (Å²) in [5.74, 6) is 0.895. The van der Waals surface area contributed by atoms with Gasteiger partial charge in [-0.1, -0.05) is 31.5 Å². The van der Waals surface area contributed by atoms with Crippen molar-refractivity contribution in [2.75, 3.05) is 0 Å². The first-order chi connectivity index (χ1) is 10.3. The number of hydrogen-bond donors (Lipinski definition) is 0. The molecule has 1 aliphatic carbocycles. The summed E-state index contributed by atoms with van der Waals surface area (Å²) in [6.07, 6.45) is 6.18. The number of benzene rings is 1. The molecule has 1 aliphatic rings. The monoisotopic (exact) mass is 297 g/mol. The number of nitrogens with zero attached hydrogens (tertiary/aromatic N) is 3. The van der Waals surface area contributed by atoms with Crippen LogP contribution in [0.3, 0.4) is 0 Å². The Balaban J connectivity index is 1.88. The fourth-order valence-corrected chi connectivity index (χ4v) is 4.50. The van der Waals surface area contributed by atoms with Gasteiger partial charge in [-0.05, 0) is 31.2 Å². The van der Waals surface area contributed by atoms with Crippen LogP contribution < -0.4 is 0 Å². The van der Waals surface area contributed by atoms with E-state index in [2.05, 4.69) is 29.0 Å². The van der Waals surface area contributed by atoms with Crippen LogP contribution in [-0.4, -0.2) is 15.2 Å². The summed E-state index contributed by atoms with van der Waals surface area (Å²) in [4.78, 5) is 8.78. The number of hydrogen-bond acceptors (Lipinski definition) is 4. The van der Waals surface area contributed by atoms with Crippen molar-refractivity contribution < 1.29 is 0 Å². The third-order valence-corrected chi connectivity index (χ3v) is 5.79. The smallest absolute Gasteiger partial charge is 0.117 e. The van der Waals surface area contributed by atoms with Gasteiger partial charge in [-0.15, -0.1) is 11.8 Å². The summed E-state index contributed by atoms with van der Waals surface area (Å²) in [7, 11) is 0. The van der Waals surface area contributed by atoms with Crippen molar-refractivity contribution in [2.24, 2.45) is 11.8 Å². The lowest BCUT2D eigenvalue weighted by Crippen LogP contribution is -2.26. The molecule has 0 bridgehead atoms. The van der Waals surface area contributed by atoms with E-state index in [1.165, 1.54) is 12.8 Å². The van der Waals surface area contributed by atoms with E-state index in [0.717, 1.165) is 34.7 Å². The quantitative estimate of drug-likeness (QED) is 0.786. The first-order valence-electron chi connectivity index (χ1n) is 7.57. The largest absolute Gasteiger partial charge is 0.236 e. The molecule has 3 atom stereocenters. The molecule has 1 heterocycles. The Labute approximate surface area is 129 Å². The second-order valence-electron chi connectivity index (χ2n) is 5.68. The number of fused-ring (bicyclic) bond motifs is 1. The molecule has 0 radical (unpaired) electrons. The highest BCUT2D eigenvalue weighted by Crippen LogP contribution is 2.41. The minimum atomic E-state index is 0.145. The average molecular weight is 297 g/mol. The van der Waals surface area contributed by atoms with Gasteiger partial charge in [0.15, 0.2) is 0 Å². The fourth-order valence-electron chi connectivity index (χ4n) is 3.08. The van der Waals surface area contributed by atoms with Crippen molar-refractivity contribution in [3.63, 3.8) is 0 Å². The molecule has 1 saturated carbocycles. The summed E-state index contributed by atoms with van der Waals surface area (Å²) in [6.45, 7) is 2.25. The van der Waals surface area contributed by atoms with Crippen molar-refractivity contribution >= 4 is 22.7 Å². The molecule has 21 heavy (non-hydrogen) atoms. The van der Waals surface area contributed by atoms with E-state index in [0.29, 0.717) is 5.25 Å². The van der Waals surface area contributed by atoms with Crippen LogP contribution in [0.1, 0.15) is 32.6 Å². The van der Waals surface area contributed by atoms with Crippen LogP contribution in [0.4, 0.5) is 0 Å². The molecule has 0 aliphatic heterocycles. The summed E-state index contributed by atoms with van der Waals surface area (Å²) in [5, 5.41) is 11.9. The SMILES string of the molecule is CCC1CCC(C#N)C(Sc2ncnc3ccccc23)C1. The molecule has 3 nitrogen and oxygen atoms in total. The van der Waals surface area contributed by atoms with Crippen LogP contribution >= 0.6 is 11.8 Å². The average Bonchev–Trinajstić information content (AvgIpc) is 2.55. The van der Waals surface area contributed by atoms with Gasteiger partial charge in [0.1, 0.15) is 11.4 Å². The van der Waals surface area contributed by atoms with E-state index in [1.807, 2.05) is 18.2 Å².